The molecule has 0 aromatic heterocycles. The summed E-state index contributed by atoms with van der Waals surface area (Å²) in [7, 11) is 0. The van der Waals surface area contributed by atoms with Crippen molar-refractivity contribution in [1.82, 2.24) is 0 Å². The van der Waals surface area contributed by atoms with Gasteiger partial charge in [-0.2, -0.15) is 0 Å². The number of aliphatic hydroxyl groups excluding tert-OH is 1. The first-order chi connectivity index (χ1) is 9.83. The van der Waals surface area contributed by atoms with Crippen molar-refractivity contribution in [3.63, 3.8) is 0 Å². The molecule has 2 atom stereocenters. The van der Waals surface area contributed by atoms with Crippen LogP contribution in [0.3, 0.4) is 0 Å². The molecule has 102 valence electrons. The van der Waals surface area contributed by atoms with Crippen molar-refractivity contribution in [2.75, 3.05) is 13.2 Å². The molecule has 0 amide bonds. The molecule has 2 aliphatic rings. The van der Waals surface area contributed by atoms with Gasteiger partial charge in [0.05, 0.1) is 6.61 Å². The molecule has 0 spiro atoms. The molecule has 1 fully saturated rings. The van der Waals surface area contributed by atoms with Crippen LogP contribution in [0.1, 0.15) is 17.2 Å². The van der Waals surface area contributed by atoms with E-state index in [9.17, 15) is 5.11 Å². The fourth-order valence-electron chi connectivity index (χ4n) is 2.43. The lowest BCUT2D eigenvalue weighted by atomic mass is 10.00. The molecular weight excluding hydrogens is 272 g/mol. The van der Waals surface area contributed by atoms with E-state index in [0.29, 0.717) is 6.61 Å². The maximum atomic E-state index is 10.7. The topological polar surface area (TPSA) is 42.0 Å². The van der Waals surface area contributed by atoms with Crippen molar-refractivity contribution in [3.05, 3.63) is 53.6 Å². The van der Waals surface area contributed by atoms with Crippen LogP contribution in [-0.4, -0.2) is 24.4 Å². The molecule has 2 aliphatic heterocycles. The zero-order chi connectivity index (χ0) is 13.5. The minimum absolute atomic E-state index is 0.214. The molecule has 2 aromatic carbocycles. The SMILES string of the molecule is OC1c2ccccc2Sc2cccc(OCC3CO3)c21. The molecule has 1 saturated heterocycles. The summed E-state index contributed by atoms with van der Waals surface area (Å²) in [4.78, 5) is 2.17. The predicted octanol–water partition coefficient (Wildman–Crippen LogP) is 3.01. The van der Waals surface area contributed by atoms with Gasteiger partial charge in [-0.05, 0) is 23.8 Å². The van der Waals surface area contributed by atoms with Crippen molar-refractivity contribution >= 4 is 11.8 Å². The van der Waals surface area contributed by atoms with Gasteiger partial charge in [0.15, 0.2) is 0 Å². The monoisotopic (exact) mass is 286 g/mol. The average molecular weight is 286 g/mol. The number of fused-ring (bicyclic) bond motifs is 2. The number of benzene rings is 2. The van der Waals surface area contributed by atoms with Crippen molar-refractivity contribution in [3.8, 4) is 5.75 Å². The number of hydrogen-bond acceptors (Lipinski definition) is 4. The molecule has 0 saturated carbocycles. The third-order valence-electron chi connectivity index (χ3n) is 3.56. The van der Waals surface area contributed by atoms with Gasteiger partial charge in [-0.25, -0.2) is 0 Å². The Morgan fingerprint density at radius 3 is 2.80 bits per heavy atom. The lowest BCUT2D eigenvalue weighted by Crippen LogP contribution is -2.12. The first-order valence-electron chi connectivity index (χ1n) is 6.65. The Balaban J connectivity index is 1.72. The van der Waals surface area contributed by atoms with Gasteiger partial charge in [-0.3, -0.25) is 0 Å². The summed E-state index contributed by atoms with van der Waals surface area (Å²) in [5.41, 5.74) is 1.82. The molecule has 1 N–H and O–H groups in total. The Kier molecular flexibility index (Phi) is 2.95. The molecule has 2 unspecified atom stereocenters. The molecule has 3 nitrogen and oxygen atoms in total. The summed E-state index contributed by atoms with van der Waals surface area (Å²) in [5.74, 6) is 0.757. The van der Waals surface area contributed by atoms with E-state index in [-0.39, 0.29) is 6.10 Å². The molecule has 0 bridgehead atoms. The molecule has 4 heteroatoms. The molecule has 0 radical (unpaired) electrons. The number of rotatable bonds is 3. The highest BCUT2D eigenvalue weighted by Gasteiger charge is 2.29. The van der Waals surface area contributed by atoms with Crippen LogP contribution < -0.4 is 4.74 Å². The van der Waals surface area contributed by atoms with Crippen LogP contribution in [0.25, 0.3) is 0 Å². The Bertz CT molecular complexity index is 652. The van der Waals surface area contributed by atoms with Crippen LogP contribution in [0.2, 0.25) is 0 Å². The van der Waals surface area contributed by atoms with Gasteiger partial charge in [-0.15, -0.1) is 0 Å². The van der Waals surface area contributed by atoms with Gasteiger partial charge >= 0.3 is 0 Å². The van der Waals surface area contributed by atoms with E-state index in [1.807, 2.05) is 42.5 Å². The van der Waals surface area contributed by atoms with E-state index >= 15 is 0 Å². The Hall–Kier alpha value is -1.49. The van der Waals surface area contributed by atoms with E-state index < -0.39 is 6.10 Å². The van der Waals surface area contributed by atoms with E-state index in [1.54, 1.807) is 11.8 Å². The molecule has 20 heavy (non-hydrogen) atoms. The van der Waals surface area contributed by atoms with Gasteiger partial charge in [0.1, 0.15) is 24.6 Å². The van der Waals surface area contributed by atoms with Crippen LogP contribution in [0.15, 0.2) is 52.3 Å². The van der Waals surface area contributed by atoms with Gasteiger partial charge < -0.3 is 14.6 Å². The van der Waals surface area contributed by atoms with Crippen LogP contribution in [0.4, 0.5) is 0 Å². The van der Waals surface area contributed by atoms with Crippen molar-refractivity contribution in [1.29, 1.82) is 0 Å². The zero-order valence-electron chi connectivity index (χ0n) is 10.8. The Labute approximate surface area is 121 Å². The number of epoxide rings is 1. The first-order valence-corrected chi connectivity index (χ1v) is 7.47. The van der Waals surface area contributed by atoms with Crippen molar-refractivity contribution < 1.29 is 14.6 Å². The fraction of sp³-hybridized carbons (Fsp3) is 0.250. The summed E-state index contributed by atoms with van der Waals surface area (Å²) in [6, 6.07) is 13.9. The third-order valence-corrected chi connectivity index (χ3v) is 4.73. The Morgan fingerprint density at radius 1 is 1.15 bits per heavy atom. The zero-order valence-corrected chi connectivity index (χ0v) is 11.6. The second kappa shape index (κ2) is 4.81. The van der Waals surface area contributed by atoms with E-state index in [4.69, 9.17) is 9.47 Å². The number of hydrogen-bond donors (Lipinski definition) is 1. The lowest BCUT2D eigenvalue weighted by molar-refractivity contribution is 0.199. The predicted molar refractivity (Wildman–Crippen MR) is 76.3 cm³/mol. The van der Waals surface area contributed by atoms with Crippen molar-refractivity contribution in [2.24, 2.45) is 0 Å². The van der Waals surface area contributed by atoms with Gasteiger partial charge in [0, 0.05) is 15.4 Å². The number of ether oxygens (including phenoxy) is 2. The quantitative estimate of drug-likeness (QED) is 0.881. The second-order valence-corrected chi connectivity index (χ2v) is 6.06. The maximum absolute atomic E-state index is 10.7. The normalized spacial score (nSPS) is 22.9. The molecule has 4 rings (SSSR count). The third kappa shape index (κ3) is 2.10. The standard InChI is InChI=1S/C16H14O3S/c17-16-11-4-1-2-6-13(11)20-14-7-3-5-12(15(14)16)19-9-10-8-18-10/h1-7,10,16-17H,8-9H2. The average Bonchev–Trinajstić information content (AvgIpc) is 3.29. The smallest absolute Gasteiger partial charge is 0.126 e. The van der Waals surface area contributed by atoms with Gasteiger partial charge in [-0.1, -0.05) is 36.0 Å². The summed E-state index contributed by atoms with van der Waals surface area (Å²) >= 11 is 1.68. The fourth-order valence-corrected chi connectivity index (χ4v) is 3.58. The van der Waals surface area contributed by atoms with Gasteiger partial charge in [0.25, 0.3) is 0 Å². The highest BCUT2D eigenvalue weighted by Crippen LogP contribution is 2.47. The summed E-state index contributed by atoms with van der Waals surface area (Å²) in [5, 5.41) is 10.7. The summed E-state index contributed by atoms with van der Waals surface area (Å²) in [6.45, 7) is 1.32. The first kappa shape index (κ1) is 12.3. The van der Waals surface area contributed by atoms with Gasteiger partial charge in [0.2, 0.25) is 0 Å². The Morgan fingerprint density at radius 2 is 1.95 bits per heavy atom. The largest absolute Gasteiger partial charge is 0.490 e. The number of aliphatic hydroxyl groups is 1. The van der Waals surface area contributed by atoms with E-state index in [2.05, 4.69) is 0 Å². The minimum atomic E-state index is -0.626. The highest BCUT2D eigenvalue weighted by atomic mass is 32.2. The minimum Gasteiger partial charge on any atom is -0.490 e. The molecule has 2 heterocycles. The van der Waals surface area contributed by atoms with Crippen LogP contribution >= 0.6 is 11.8 Å². The summed E-state index contributed by atoms with van der Waals surface area (Å²) in [6.07, 6.45) is -0.412. The van der Waals surface area contributed by atoms with E-state index in [0.717, 1.165) is 33.3 Å². The second-order valence-electron chi connectivity index (χ2n) is 4.98. The molecular formula is C16H14O3S. The highest BCUT2D eigenvalue weighted by molar-refractivity contribution is 7.99. The van der Waals surface area contributed by atoms with Crippen LogP contribution in [0.5, 0.6) is 5.75 Å². The lowest BCUT2D eigenvalue weighted by Gasteiger charge is -2.26. The molecule has 0 aliphatic carbocycles. The summed E-state index contributed by atoms with van der Waals surface area (Å²) < 4.78 is 11.0. The molecule has 2 aromatic rings. The van der Waals surface area contributed by atoms with E-state index in [1.165, 1.54) is 0 Å². The van der Waals surface area contributed by atoms with Crippen LogP contribution in [0, 0.1) is 0 Å². The van der Waals surface area contributed by atoms with Crippen molar-refractivity contribution in [2.45, 2.75) is 22.0 Å². The maximum Gasteiger partial charge on any atom is 0.126 e. The van der Waals surface area contributed by atoms with Crippen LogP contribution in [-0.2, 0) is 4.74 Å².